The Morgan fingerprint density at radius 1 is 1.31 bits per heavy atom. The highest BCUT2D eigenvalue weighted by Gasteiger charge is 2.34. The molecule has 2 nitrogen and oxygen atoms in total. The van der Waals surface area contributed by atoms with E-state index >= 15 is 0 Å². The van der Waals surface area contributed by atoms with Crippen LogP contribution in [0.25, 0.3) is 0 Å². The van der Waals surface area contributed by atoms with Gasteiger partial charge in [-0.1, -0.05) is 37.3 Å². The van der Waals surface area contributed by atoms with Crippen molar-refractivity contribution >= 4 is 0 Å². The second kappa shape index (κ2) is 4.56. The summed E-state index contributed by atoms with van der Waals surface area (Å²) in [7, 11) is 0. The SMILES string of the molecule is CCC1NC(C)(C)COC1c1ccccc1. The van der Waals surface area contributed by atoms with E-state index in [9.17, 15) is 0 Å². The van der Waals surface area contributed by atoms with Crippen LogP contribution in [-0.4, -0.2) is 18.2 Å². The molecule has 0 aromatic heterocycles. The molecule has 2 unspecified atom stereocenters. The molecular weight excluding hydrogens is 198 g/mol. The second-order valence-electron chi connectivity index (χ2n) is 5.19. The highest BCUT2D eigenvalue weighted by atomic mass is 16.5. The van der Waals surface area contributed by atoms with E-state index < -0.39 is 0 Å². The van der Waals surface area contributed by atoms with Gasteiger partial charge in [-0.15, -0.1) is 0 Å². The third-order valence-corrected chi connectivity index (χ3v) is 3.13. The molecule has 1 saturated heterocycles. The van der Waals surface area contributed by atoms with Crippen LogP contribution < -0.4 is 5.32 Å². The lowest BCUT2D eigenvalue weighted by molar-refractivity contribution is -0.0551. The topological polar surface area (TPSA) is 21.3 Å². The van der Waals surface area contributed by atoms with Crippen molar-refractivity contribution in [3.63, 3.8) is 0 Å². The fourth-order valence-corrected chi connectivity index (χ4v) is 2.32. The predicted octanol–water partition coefficient (Wildman–Crippen LogP) is 2.90. The standard InChI is InChI=1S/C14H21NO/c1-4-12-13(11-8-6-5-7-9-11)16-10-14(2,3)15-12/h5-9,12-13,15H,4,10H2,1-3H3. The summed E-state index contributed by atoms with van der Waals surface area (Å²) in [5, 5.41) is 3.67. The number of hydrogen-bond acceptors (Lipinski definition) is 2. The summed E-state index contributed by atoms with van der Waals surface area (Å²) < 4.78 is 6.02. The molecule has 1 aliphatic rings. The molecule has 16 heavy (non-hydrogen) atoms. The Labute approximate surface area is 98.0 Å². The van der Waals surface area contributed by atoms with Crippen molar-refractivity contribution in [1.29, 1.82) is 0 Å². The monoisotopic (exact) mass is 219 g/mol. The van der Waals surface area contributed by atoms with Crippen molar-refractivity contribution in [2.75, 3.05) is 6.61 Å². The molecule has 2 rings (SSSR count). The molecule has 0 spiro atoms. The Hall–Kier alpha value is -0.860. The van der Waals surface area contributed by atoms with Crippen LogP contribution >= 0.6 is 0 Å². The Kier molecular flexibility index (Phi) is 3.31. The summed E-state index contributed by atoms with van der Waals surface area (Å²) in [6, 6.07) is 10.9. The predicted molar refractivity (Wildman–Crippen MR) is 66.4 cm³/mol. The van der Waals surface area contributed by atoms with Gasteiger partial charge in [-0.3, -0.25) is 0 Å². The highest BCUT2D eigenvalue weighted by Crippen LogP contribution is 2.29. The van der Waals surface area contributed by atoms with Crippen LogP contribution in [0.15, 0.2) is 30.3 Å². The van der Waals surface area contributed by atoms with Gasteiger partial charge in [-0.25, -0.2) is 0 Å². The first-order valence-electron chi connectivity index (χ1n) is 6.06. The molecule has 1 aliphatic heterocycles. The maximum Gasteiger partial charge on any atom is 0.0978 e. The largest absolute Gasteiger partial charge is 0.370 e. The van der Waals surface area contributed by atoms with Gasteiger partial charge in [0.2, 0.25) is 0 Å². The van der Waals surface area contributed by atoms with Gasteiger partial charge in [0.1, 0.15) is 0 Å². The molecular formula is C14H21NO. The molecule has 0 amide bonds. The van der Waals surface area contributed by atoms with Gasteiger partial charge in [0.15, 0.2) is 0 Å². The van der Waals surface area contributed by atoms with Crippen LogP contribution in [0.5, 0.6) is 0 Å². The third-order valence-electron chi connectivity index (χ3n) is 3.13. The molecule has 1 aromatic carbocycles. The van der Waals surface area contributed by atoms with Crippen LogP contribution in [0.4, 0.5) is 0 Å². The Morgan fingerprint density at radius 3 is 2.62 bits per heavy atom. The van der Waals surface area contributed by atoms with Crippen LogP contribution in [0, 0.1) is 0 Å². The highest BCUT2D eigenvalue weighted by molar-refractivity contribution is 5.20. The molecule has 1 heterocycles. The molecule has 0 aliphatic carbocycles. The fourth-order valence-electron chi connectivity index (χ4n) is 2.32. The lowest BCUT2D eigenvalue weighted by atomic mass is 9.93. The van der Waals surface area contributed by atoms with Crippen LogP contribution in [0.1, 0.15) is 38.9 Å². The molecule has 1 aromatic rings. The molecule has 0 bridgehead atoms. The molecule has 0 saturated carbocycles. The maximum atomic E-state index is 6.02. The molecule has 88 valence electrons. The average molecular weight is 219 g/mol. The van der Waals surface area contributed by atoms with Crippen LogP contribution in [0.3, 0.4) is 0 Å². The zero-order valence-corrected chi connectivity index (χ0v) is 10.4. The Balaban J connectivity index is 2.17. The fraction of sp³-hybridized carbons (Fsp3) is 0.571. The van der Waals surface area contributed by atoms with E-state index in [-0.39, 0.29) is 11.6 Å². The van der Waals surface area contributed by atoms with E-state index in [1.807, 2.05) is 6.07 Å². The number of ether oxygens (including phenoxy) is 1. The zero-order valence-electron chi connectivity index (χ0n) is 10.4. The summed E-state index contributed by atoms with van der Waals surface area (Å²) >= 11 is 0. The van der Waals surface area contributed by atoms with Crippen molar-refractivity contribution in [3.8, 4) is 0 Å². The first-order chi connectivity index (χ1) is 7.62. The number of morpholine rings is 1. The van der Waals surface area contributed by atoms with E-state index in [1.54, 1.807) is 0 Å². The summed E-state index contributed by atoms with van der Waals surface area (Å²) in [4.78, 5) is 0. The molecule has 0 radical (unpaired) electrons. The van der Waals surface area contributed by atoms with Crippen molar-refractivity contribution in [1.82, 2.24) is 5.32 Å². The van der Waals surface area contributed by atoms with E-state index in [1.165, 1.54) is 5.56 Å². The van der Waals surface area contributed by atoms with Crippen molar-refractivity contribution < 1.29 is 4.74 Å². The first kappa shape index (κ1) is 11.6. The zero-order chi connectivity index (χ0) is 11.6. The minimum Gasteiger partial charge on any atom is -0.370 e. The van der Waals surface area contributed by atoms with Crippen molar-refractivity contribution in [2.45, 2.75) is 44.9 Å². The summed E-state index contributed by atoms with van der Waals surface area (Å²) in [6.45, 7) is 7.36. The Morgan fingerprint density at radius 2 is 2.00 bits per heavy atom. The summed E-state index contributed by atoms with van der Waals surface area (Å²) in [6.07, 6.45) is 1.28. The number of hydrogen-bond donors (Lipinski definition) is 1. The molecule has 1 N–H and O–H groups in total. The van der Waals surface area contributed by atoms with E-state index in [2.05, 4.69) is 50.4 Å². The van der Waals surface area contributed by atoms with Crippen LogP contribution in [0.2, 0.25) is 0 Å². The first-order valence-corrected chi connectivity index (χ1v) is 6.06. The lowest BCUT2D eigenvalue weighted by Gasteiger charge is -2.42. The van der Waals surface area contributed by atoms with Gasteiger partial charge in [-0.05, 0) is 25.8 Å². The normalized spacial score (nSPS) is 28.9. The second-order valence-corrected chi connectivity index (χ2v) is 5.19. The van der Waals surface area contributed by atoms with E-state index in [4.69, 9.17) is 4.74 Å². The third kappa shape index (κ3) is 2.45. The summed E-state index contributed by atoms with van der Waals surface area (Å²) in [5.41, 5.74) is 1.36. The molecule has 2 atom stereocenters. The van der Waals surface area contributed by atoms with Gasteiger partial charge in [0, 0.05) is 11.6 Å². The van der Waals surface area contributed by atoms with Gasteiger partial charge >= 0.3 is 0 Å². The number of nitrogens with one attached hydrogen (secondary N) is 1. The molecule has 2 heteroatoms. The minimum absolute atomic E-state index is 0.0892. The van der Waals surface area contributed by atoms with Crippen molar-refractivity contribution in [3.05, 3.63) is 35.9 Å². The lowest BCUT2D eigenvalue weighted by Crippen LogP contribution is -2.56. The summed E-state index contributed by atoms with van der Waals surface area (Å²) in [5.74, 6) is 0. The average Bonchev–Trinajstić information content (AvgIpc) is 2.29. The Bertz CT molecular complexity index is 334. The number of benzene rings is 1. The van der Waals surface area contributed by atoms with E-state index in [0.29, 0.717) is 6.04 Å². The van der Waals surface area contributed by atoms with E-state index in [0.717, 1.165) is 13.0 Å². The quantitative estimate of drug-likeness (QED) is 0.825. The van der Waals surface area contributed by atoms with Crippen molar-refractivity contribution in [2.24, 2.45) is 0 Å². The maximum absolute atomic E-state index is 6.02. The van der Waals surface area contributed by atoms with Gasteiger partial charge in [-0.2, -0.15) is 0 Å². The smallest absolute Gasteiger partial charge is 0.0978 e. The van der Waals surface area contributed by atoms with Gasteiger partial charge in [0.25, 0.3) is 0 Å². The van der Waals surface area contributed by atoms with Gasteiger partial charge < -0.3 is 10.1 Å². The minimum atomic E-state index is 0.0892. The molecule has 1 fully saturated rings. The number of rotatable bonds is 2. The van der Waals surface area contributed by atoms with Gasteiger partial charge in [0.05, 0.1) is 12.7 Å². The van der Waals surface area contributed by atoms with Crippen LogP contribution in [-0.2, 0) is 4.74 Å².